The molecule has 6 heteroatoms. The van der Waals surface area contributed by atoms with Crippen LogP contribution in [0.25, 0.3) is 0 Å². The molecule has 462 valence electrons. The van der Waals surface area contributed by atoms with Crippen molar-refractivity contribution >= 4 is 17.9 Å². The molecule has 0 heterocycles. The zero-order chi connectivity index (χ0) is 59.2. The Balaban J connectivity index is 4.33. The maximum atomic E-state index is 12.9. The van der Waals surface area contributed by atoms with E-state index in [-0.39, 0.29) is 31.1 Å². The molecule has 0 rings (SSSR count). The van der Waals surface area contributed by atoms with Gasteiger partial charge < -0.3 is 14.2 Å². The van der Waals surface area contributed by atoms with Crippen molar-refractivity contribution in [3.05, 3.63) is 158 Å². The summed E-state index contributed by atoms with van der Waals surface area (Å²) in [5.74, 6) is -0.928. The number of unbranched alkanes of at least 4 members (excludes halogenated alkanes) is 22. The number of esters is 3. The zero-order valence-corrected chi connectivity index (χ0v) is 52.9. The molecule has 6 nitrogen and oxygen atoms in total. The maximum absolute atomic E-state index is 12.9. The van der Waals surface area contributed by atoms with E-state index in [9.17, 15) is 14.4 Å². The van der Waals surface area contributed by atoms with Gasteiger partial charge in [-0.2, -0.15) is 0 Å². The second-order valence-electron chi connectivity index (χ2n) is 21.6. The van der Waals surface area contributed by atoms with Gasteiger partial charge in [-0.05, 0) is 141 Å². The van der Waals surface area contributed by atoms with E-state index >= 15 is 0 Å². The fourth-order valence-electron chi connectivity index (χ4n) is 8.78. The minimum atomic E-state index is -0.801. The molecule has 0 spiro atoms. The predicted octanol–water partition coefficient (Wildman–Crippen LogP) is 23.3. The van der Waals surface area contributed by atoms with Gasteiger partial charge in [0.1, 0.15) is 13.2 Å². The van der Waals surface area contributed by atoms with Crippen LogP contribution < -0.4 is 0 Å². The topological polar surface area (TPSA) is 78.9 Å². The van der Waals surface area contributed by atoms with E-state index in [2.05, 4.69) is 179 Å². The molecule has 1 atom stereocenters. The Morgan fingerprint density at radius 1 is 0.256 bits per heavy atom. The predicted molar refractivity (Wildman–Crippen MR) is 357 cm³/mol. The fourth-order valence-corrected chi connectivity index (χ4v) is 8.78. The molecule has 0 saturated carbocycles. The Morgan fingerprint density at radius 3 is 0.744 bits per heavy atom. The van der Waals surface area contributed by atoms with Gasteiger partial charge in [0, 0.05) is 19.3 Å². The number of carbonyl (C=O) groups excluding carboxylic acids is 3. The van der Waals surface area contributed by atoms with E-state index < -0.39 is 6.10 Å². The molecule has 0 fully saturated rings. The minimum absolute atomic E-state index is 0.0963. The van der Waals surface area contributed by atoms with Gasteiger partial charge in [0.25, 0.3) is 0 Å². The smallest absolute Gasteiger partial charge is 0.306 e. The quantitative estimate of drug-likeness (QED) is 0.0261. The lowest BCUT2D eigenvalue weighted by molar-refractivity contribution is -0.167. The van der Waals surface area contributed by atoms with Crippen LogP contribution in [0.5, 0.6) is 0 Å². The normalized spacial score (nSPS) is 13.2. The Labute approximate surface area is 505 Å². The lowest BCUT2D eigenvalue weighted by atomic mass is 10.1. The maximum Gasteiger partial charge on any atom is 0.306 e. The van der Waals surface area contributed by atoms with Gasteiger partial charge in [-0.3, -0.25) is 14.4 Å². The van der Waals surface area contributed by atoms with Gasteiger partial charge in [0.05, 0.1) is 0 Å². The number of rotatable bonds is 59. The molecule has 0 radical (unpaired) electrons. The third-order valence-corrected chi connectivity index (χ3v) is 13.7. The monoisotopic (exact) mass is 1130 g/mol. The number of hydrogen-bond donors (Lipinski definition) is 0. The molecule has 0 aliphatic rings. The van der Waals surface area contributed by atoms with Crippen LogP contribution in [0, 0.1) is 0 Å². The van der Waals surface area contributed by atoms with Crippen LogP contribution in [0.1, 0.15) is 284 Å². The second kappa shape index (κ2) is 68.5. The largest absolute Gasteiger partial charge is 0.462 e. The Morgan fingerprint density at radius 2 is 0.476 bits per heavy atom. The third kappa shape index (κ3) is 65.8. The highest BCUT2D eigenvalue weighted by Gasteiger charge is 2.19. The molecule has 1 unspecified atom stereocenters. The summed E-state index contributed by atoms with van der Waals surface area (Å²) in [5, 5.41) is 0. The van der Waals surface area contributed by atoms with Gasteiger partial charge in [0.2, 0.25) is 0 Å². The molecular formula is C76H122O6. The van der Waals surface area contributed by atoms with E-state index in [0.717, 1.165) is 167 Å². The summed E-state index contributed by atoms with van der Waals surface area (Å²) in [4.78, 5) is 38.3. The lowest BCUT2D eigenvalue weighted by Crippen LogP contribution is -2.30. The average molecular weight is 1130 g/mol. The van der Waals surface area contributed by atoms with E-state index in [0.29, 0.717) is 19.3 Å². The first-order valence-electron chi connectivity index (χ1n) is 33.5. The molecule has 0 aromatic carbocycles. The van der Waals surface area contributed by atoms with Crippen LogP contribution in [0.3, 0.4) is 0 Å². The summed E-state index contributed by atoms with van der Waals surface area (Å²) in [5.41, 5.74) is 0. The van der Waals surface area contributed by atoms with Crippen LogP contribution in [0.15, 0.2) is 158 Å². The first-order valence-corrected chi connectivity index (χ1v) is 33.5. The molecular weight excluding hydrogens is 1010 g/mol. The first kappa shape index (κ1) is 77.0. The molecule has 0 N–H and O–H groups in total. The molecule has 0 aromatic heterocycles. The summed E-state index contributed by atoms with van der Waals surface area (Å²) in [6.07, 6.45) is 99.7. The van der Waals surface area contributed by atoms with Crippen molar-refractivity contribution in [1.29, 1.82) is 0 Å². The van der Waals surface area contributed by atoms with Crippen molar-refractivity contribution in [2.45, 2.75) is 290 Å². The molecule has 0 saturated heterocycles. The third-order valence-electron chi connectivity index (χ3n) is 13.7. The first-order chi connectivity index (χ1) is 40.5. The Kier molecular flexibility index (Phi) is 64.4. The highest BCUT2D eigenvalue weighted by molar-refractivity contribution is 5.71. The molecule has 82 heavy (non-hydrogen) atoms. The van der Waals surface area contributed by atoms with Crippen molar-refractivity contribution in [3.63, 3.8) is 0 Å². The van der Waals surface area contributed by atoms with Gasteiger partial charge in [-0.25, -0.2) is 0 Å². The summed E-state index contributed by atoms with van der Waals surface area (Å²) < 4.78 is 16.9. The van der Waals surface area contributed by atoms with E-state index in [1.165, 1.54) is 77.0 Å². The van der Waals surface area contributed by atoms with E-state index in [1.807, 2.05) is 0 Å². The van der Waals surface area contributed by atoms with Crippen molar-refractivity contribution in [2.24, 2.45) is 0 Å². The van der Waals surface area contributed by atoms with Crippen LogP contribution in [0.2, 0.25) is 0 Å². The van der Waals surface area contributed by atoms with Crippen molar-refractivity contribution < 1.29 is 28.6 Å². The van der Waals surface area contributed by atoms with Crippen LogP contribution in [-0.4, -0.2) is 37.2 Å². The lowest BCUT2D eigenvalue weighted by Gasteiger charge is -2.18. The number of ether oxygens (including phenoxy) is 3. The zero-order valence-electron chi connectivity index (χ0n) is 52.9. The van der Waals surface area contributed by atoms with Crippen molar-refractivity contribution in [3.8, 4) is 0 Å². The van der Waals surface area contributed by atoms with Gasteiger partial charge in [-0.1, -0.05) is 281 Å². The van der Waals surface area contributed by atoms with E-state index in [4.69, 9.17) is 14.2 Å². The fraction of sp³-hybridized carbons (Fsp3) is 0.618. The van der Waals surface area contributed by atoms with Gasteiger partial charge in [0.15, 0.2) is 6.10 Å². The summed E-state index contributed by atoms with van der Waals surface area (Å²) in [7, 11) is 0. The number of carbonyl (C=O) groups is 3. The minimum Gasteiger partial charge on any atom is -0.462 e. The Hall–Kier alpha value is -4.97. The Bertz CT molecular complexity index is 1830. The summed E-state index contributed by atoms with van der Waals surface area (Å²) >= 11 is 0. The van der Waals surface area contributed by atoms with Crippen molar-refractivity contribution in [1.82, 2.24) is 0 Å². The SMILES string of the molecule is CC/C=C\C/C=C\C/C=C\C/C=C\C/C=C\C/C=C\C/C=C\C/C=C\CCCCCCCCCCC(=O)OCC(COC(=O)CCCCCCC/C=C\C/C=C\CCCC)OC(=O)CCCCCCCCC/C=C\C/C=C\C/C=C\CC. The number of allylic oxidation sites excluding steroid dienone is 26. The highest BCUT2D eigenvalue weighted by atomic mass is 16.6. The average Bonchev–Trinajstić information content (AvgIpc) is 3.47. The van der Waals surface area contributed by atoms with Crippen LogP contribution in [0.4, 0.5) is 0 Å². The standard InChI is InChI=1S/C76H122O6/c1-4-7-10-13-16-19-22-25-28-30-31-32-33-34-35-36-37-38-39-40-41-42-43-44-45-47-48-51-54-57-60-63-66-69-75(78)81-72-73(71-80-74(77)68-65-62-59-56-53-50-27-24-21-18-15-12-9-6-3)82-76(79)70-67-64-61-58-55-52-49-46-29-26-23-20-17-14-11-8-5-2/h7-8,10-11,15-20,24-29,31-32,34-35,37-38,40-41,43-44,73H,4-6,9,12-14,21-23,30,33,36,39,42,45-72H2,1-3H3/b10-7-,11-8-,18-15-,19-16-,20-17-,27-24-,28-25-,29-26-,32-31-,35-34-,38-37-,41-40-,44-43-. The van der Waals surface area contributed by atoms with Crippen LogP contribution >= 0.6 is 0 Å². The molecule has 0 bridgehead atoms. The molecule has 0 aromatic rings. The highest BCUT2D eigenvalue weighted by Crippen LogP contribution is 2.15. The van der Waals surface area contributed by atoms with E-state index in [1.54, 1.807) is 0 Å². The van der Waals surface area contributed by atoms with Gasteiger partial charge >= 0.3 is 17.9 Å². The molecule has 0 aliphatic carbocycles. The summed E-state index contributed by atoms with van der Waals surface area (Å²) in [6.45, 7) is 6.35. The summed E-state index contributed by atoms with van der Waals surface area (Å²) in [6, 6.07) is 0. The molecule has 0 aliphatic heterocycles. The number of hydrogen-bond acceptors (Lipinski definition) is 6. The second-order valence-corrected chi connectivity index (χ2v) is 21.6. The van der Waals surface area contributed by atoms with Gasteiger partial charge in [-0.15, -0.1) is 0 Å². The van der Waals surface area contributed by atoms with Crippen molar-refractivity contribution in [2.75, 3.05) is 13.2 Å². The molecule has 0 amide bonds. The van der Waals surface area contributed by atoms with Crippen LogP contribution in [-0.2, 0) is 28.6 Å².